The molecule has 58 valence electrons. The highest BCUT2D eigenvalue weighted by Crippen LogP contribution is 2.24. The van der Waals surface area contributed by atoms with E-state index in [4.69, 9.17) is 16.3 Å². The Bertz CT molecular complexity index is 268. The van der Waals surface area contributed by atoms with Crippen LogP contribution in [0.3, 0.4) is 0 Å². The summed E-state index contributed by atoms with van der Waals surface area (Å²) in [4.78, 5) is 0. The van der Waals surface area contributed by atoms with Crippen molar-refractivity contribution in [1.82, 2.24) is 0 Å². The third kappa shape index (κ3) is 1.99. The first-order valence-electron chi connectivity index (χ1n) is 3.28. The van der Waals surface area contributed by atoms with Crippen LogP contribution in [0.15, 0.2) is 31.0 Å². The first-order chi connectivity index (χ1) is 5.24. The van der Waals surface area contributed by atoms with Crippen molar-refractivity contribution in [3.8, 4) is 5.75 Å². The van der Waals surface area contributed by atoms with Crippen LogP contribution in [0.5, 0.6) is 5.75 Å². The summed E-state index contributed by atoms with van der Waals surface area (Å²) in [7, 11) is 0. The Morgan fingerprint density at radius 3 is 2.82 bits per heavy atom. The maximum absolute atomic E-state index is 5.84. The second-order valence-corrected chi connectivity index (χ2v) is 2.63. The third-order valence-corrected chi connectivity index (χ3v) is 1.59. The smallest absolute Gasteiger partial charge is 0.145 e. The lowest BCUT2D eigenvalue weighted by Crippen LogP contribution is -1.82. The van der Waals surface area contributed by atoms with Crippen molar-refractivity contribution in [2.24, 2.45) is 0 Å². The van der Waals surface area contributed by atoms with Gasteiger partial charge in [0.15, 0.2) is 0 Å². The quantitative estimate of drug-likeness (QED) is 0.617. The Balaban J connectivity index is 2.98. The van der Waals surface area contributed by atoms with Crippen molar-refractivity contribution in [1.29, 1.82) is 0 Å². The summed E-state index contributed by atoms with van der Waals surface area (Å²) in [5, 5.41) is 0.616. The second kappa shape index (κ2) is 3.44. The van der Waals surface area contributed by atoms with E-state index in [0.717, 1.165) is 5.56 Å². The molecule has 0 bridgehead atoms. The molecule has 0 spiro atoms. The van der Waals surface area contributed by atoms with Gasteiger partial charge in [0.2, 0.25) is 0 Å². The molecule has 0 aliphatic carbocycles. The first-order valence-corrected chi connectivity index (χ1v) is 3.65. The van der Waals surface area contributed by atoms with Crippen LogP contribution in [0.2, 0.25) is 5.02 Å². The highest BCUT2D eigenvalue weighted by atomic mass is 35.5. The molecule has 0 radical (unpaired) electrons. The summed E-state index contributed by atoms with van der Waals surface area (Å²) in [6, 6.07) is 5.60. The Morgan fingerprint density at radius 2 is 2.27 bits per heavy atom. The van der Waals surface area contributed by atoms with Gasteiger partial charge in [0, 0.05) is 0 Å². The van der Waals surface area contributed by atoms with Crippen LogP contribution in [0.4, 0.5) is 0 Å². The van der Waals surface area contributed by atoms with Crippen LogP contribution in [0.1, 0.15) is 5.56 Å². The molecule has 1 aromatic rings. The maximum Gasteiger partial charge on any atom is 0.145 e. The largest absolute Gasteiger partial charge is 0.464 e. The van der Waals surface area contributed by atoms with Gasteiger partial charge in [-0.15, -0.1) is 0 Å². The predicted octanol–water partition coefficient (Wildman–Crippen LogP) is 3.17. The molecule has 1 rings (SSSR count). The van der Waals surface area contributed by atoms with E-state index in [1.54, 1.807) is 0 Å². The molecule has 0 saturated heterocycles. The average molecular weight is 169 g/mol. The van der Waals surface area contributed by atoms with Crippen LogP contribution in [-0.4, -0.2) is 0 Å². The number of halogens is 1. The summed E-state index contributed by atoms with van der Waals surface area (Å²) in [6.07, 6.45) is 1.36. The van der Waals surface area contributed by atoms with Gasteiger partial charge >= 0.3 is 0 Å². The average Bonchev–Trinajstić information content (AvgIpc) is 1.95. The second-order valence-electron chi connectivity index (χ2n) is 2.22. The van der Waals surface area contributed by atoms with Gasteiger partial charge in [-0.1, -0.05) is 24.2 Å². The molecular weight excluding hydrogens is 160 g/mol. The Hall–Kier alpha value is -0.950. The van der Waals surface area contributed by atoms with Crippen molar-refractivity contribution in [2.75, 3.05) is 0 Å². The van der Waals surface area contributed by atoms with E-state index < -0.39 is 0 Å². The number of benzene rings is 1. The normalized spacial score (nSPS) is 9.27. The van der Waals surface area contributed by atoms with E-state index in [2.05, 4.69) is 6.58 Å². The highest BCUT2D eigenvalue weighted by molar-refractivity contribution is 6.32. The molecule has 1 aromatic carbocycles. The molecule has 0 aliphatic heterocycles. The summed E-state index contributed by atoms with van der Waals surface area (Å²) >= 11 is 5.84. The number of ether oxygens (including phenoxy) is 1. The first kappa shape index (κ1) is 8.15. The third-order valence-electron chi connectivity index (χ3n) is 1.30. The molecule has 0 aliphatic rings. The van der Waals surface area contributed by atoms with Gasteiger partial charge in [-0.2, -0.15) is 0 Å². The number of hydrogen-bond donors (Lipinski definition) is 0. The standard InChI is InChI=1S/C9H9ClO/c1-3-11-9-5-4-7(2)6-8(9)10/h3-6H,1H2,2H3. The van der Waals surface area contributed by atoms with Gasteiger partial charge in [-0.3, -0.25) is 0 Å². The van der Waals surface area contributed by atoms with Crippen molar-refractivity contribution in [2.45, 2.75) is 6.92 Å². The fourth-order valence-corrected chi connectivity index (χ4v) is 1.07. The van der Waals surface area contributed by atoms with Gasteiger partial charge in [0.25, 0.3) is 0 Å². The fraction of sp³-hybridized carbons (Fsp3) is 0.111. The van der Waals surface area contributed by atoms with E-state index in [1.807, 2.05) is 25.1 Å². The summed E-state index contributed by atoms with van der Waals surface area (Å²) < 4.78 is 5.02. The van der Waals surface area contributed by atoms with Gasteiger partial charge in [0.1, 0.15) is 5.75 Å². The van der Waals surface area contributed by atoms with Crippen LogP contribution >= 0.6 is 11.6 Å². The Labute approximate surface area is 71.3 Å². The zero-order valence-corrected chi connectivity index (χ0v) is 7.06. The van der Waals surface area contributed by atoms with Gasteiger partial charge in [-0.25, -0.2) is 0 Å². The minimum atomic E-state index is 0.616. The van der Waals surface area contributed by atoms with Crippen molar-refractivity contribution in [3.63, 3.8) is 0 Å². The van der Waals surface area contributed by atoms with Crippen LogP contribution in [0.25, 0.3) is 0 Å². The zero-order chi connectivity index (χ0) is 8.27. The summed E-state index contributed by atoms with van der Waals surface area (Å²) in [6.45, 7) is 5.41. The molecule has 0 fully saturated rings. The van der Waals surface area contributed by atoms with Gasteiger partial charge in [0.05, 0.1) is 11.3 Å². The SMILES string of the molecule is C=COc1ccc(C)cc1Cl. The molecule has 1 nitrogen and oxygen atoms in total. The topological polar surface area (TPSA) is 9.23 Å². The maximum atomic E-state index is 5.84. The molecule has 0 saturated carbocycles. The van der Waals surface area contributed by atoms with E-state index >= 15 is 0 Å². The summed E-state index contributed by atoms with van der Waals surface area (Å²) in [5.74, 6) is 0.646. The lowest BCUT2D eigenvalue weighted by atomic mass is 10.2. The number of aryl methyl sites for hydroxylation is 1. The highest BCUT2D eigenvalue weighted by Gasteiger charge is 1.98. The summed E-state index contributed by atoms with van der Waals surface area (Å²) in [5.41, 5.74) is 1.12. The molecule has 0 aromatic heterocycles. The van der Waals surface area contributed by atoms with Crippen LogP contribution < -0.4 is 4.74 Å². The van der Waals surface area contributed by atoms with Crippen molar-refractivity contribution < 1.29 is 4.74 Å². The molecule has 0 heterocycles. The van der Waals surface area contributed by atoms with E-state index in [9.17, 15) is 0 Å². The van der Waals surface area contributed by atoms with E-state index in [0.29, 0.717) is 10.8 Å². The Morgan fingerprint density at radius 1 is 1.55 bits per heavy atom. The molecule has 0 atom stereocenters. The zero-order valence-electron chi connectivity index (χ0n) is 6.30. The minimum absolute atomic E-state index is 0.616. The minimum Gasteiger partial charge on any atom is -0.464 e. The fourth-order valence-electron chi connectivity index (χ4n) is 0.791. The van der Waals surface area contributed by atoms with Crippen LogP contribution in [0, 0.1) is 6.92 Å². The molecule has 0 unspecified atom stereocenters. The van der Waals surface area contributed by atoms with E-state index in [1.165, 1.54) is 6.26 Å². The Kier molecular flexibility index (Phi) is 2.55. The van der Waals surface area contributed by atoms with Crippen LogP contribution in [-0.2, 0) is 0 Å². The number of hydrogen-bond acceptors (Lipinski definition) is 1. The lowest BCUT2D eigenvalue weighted by molar-refractivity contribution is 0.483. The molecular formula is C9H9ClO. The van der Waals surface area contributed by atoms with Crippen molar-refractivity contribution >= 4 is 11.6 Å². The molecule has 0 N–H and O–H groups in total. The van der Waals surface area contributed by atoms with E-state index in [-0.39, 0.29) is 0 Å². The number of rotatable bonds is 2. The van der Waals surface area contributed by atoms with Gasteiger partial charge in [-0.05, 0) is 24.6 Å². The predicted molar refractivity (Wildman–Crippen MR) is 47.0 cm³/mol. The lowest BCUT2D eigenvalue weighted by Gasteiger charge is -2.02. The van der Waals surface area contributed by atoms with Gasteiger partial charge < -0.3 is 4.74 Å². The molecule has 11 heavy (non-hydrogen) atoms. The molecule has 0 amide bonds. The van der Waals surface area contributed by atoms with Crippen molar-refractivity contribution in [3.05, 3.63) is 41.6 Å². The molecule has 2 heteroatoms. The monoisotopic (exact) mass is 168 g/mol.